The van der Waals surface area contributed by atoms with Gasteiger partial charge >= 0.3 is 0 Å². The molecule has 0 amide bonds. The van der Waals surface area contributed by atoms with Crippen LogP contribution in [0.25, 0.3) is 0 Å². The molecule has 2 nitrogen and oxygen atoms in total. The zero-order valence-electron chi connectivity index (χ0n) is 7.82. The van der Waals surface area contributed by atoms with Gasteiger partial charge in [-0.1, -0.05) is 23.7 Å². The summed E-state index contributed by atoms with van der Waals surface area (Å²) < 4.78 is 1.04. The fraction of sp³-hybridized carbons (Fsp3) is 0.0909. The van der Waals surface area contributed by atoms with Gasteiger partial charge in [-0.25, -0.2) is 9.97 Å². The number of hydrogen-bond donors (Lipinski definition) is 0. The molecule has 1 heterocycles. The number of halogens is 2. The molecule has 0 atom stereocenters. The van der Waals surface area contributed by atoms with E-state index < -0.39 is 0 Å². The summed E-state index contributed by atoms with van der Waals surface area (Å²) in [5.74, 6) is 0.817. The molecule has 0 bridgehead atoms. The summed E-state index contributed by atoms with van der Waals surface area (Å²) in [6, 6.07) is 7.75. The van der Waals surface area contributed by atoms with E-state index in [2.05, 4.69) is 32.6 Å². The third-order valence-electron chi connectivity index (χ3n) is 1.93. The average molecular weight is 331 g/mol. The first-order valence-electron chi connectivity index (χ1n) is 4.45. The summed E-state index contributed by atoms with van der Waals surface area (Å²) in [6.45, 7) is 0. The maximum absolute atomic E-state index is 5.89. The zero-order valence-corrected chi connectivity index (χ0v) is 10.7. The summed E-state index contributed by atoms with van der Waals surface area (Å²) in [6.07, 6.45) is 4.35. The second-order valence-corrected chi connectivity index (χ2v) is 4.81. The maximum Gasteiger partial charge on any atom is 0.132 e. The second kappa shape index (κ2) is 4.90. The zero-order chi connectivity index (χ0) is 10.7. The Balaban J connectivity index is 2.18. The van der Waals surface area contributed by atoms with E-state index in [1.165, 1.54) is 0 Å². The van der Waals surface area contributed by atoms with Gasteiger partial charge in [-0.3, -0.25) is 0 Å². The molecule has 0 saturated carbocycles. The Hall–Kier alpha value is -0.680. The molecule has 4 heteroatoms. The Bertz CT molecular complexity index is 456. The first-order valence-corrected chi connectivity index (χ1v) is 5.90. The van der Waals surface area contributed by atoms with Gasteiger partial charge in [0.25, 0.3) is 0 Å². The minimum absolute atomic E-state index is 0.720. The third kappa shape index (κ3) is 3.14. The highest BCUT2D eigenvalue weighted by Gasteiger charge is 1.99. The van der Waals surface area contributed by atoms with Gasteiger partial charge in [0.1, 0.15) is 5.82 Å². The monoisotopic (exact) mass is 330 g/mol. The van der Waals surface area contributed by atoms with E-state index >= 15 is 0 Å². The smallest absolute Gasteiger partial charge is 0.132 e. The quantitative estimate of drug-likeness (QED) is 0.790. The van der Waals surface area contributed by atoms with Gasteiger partial charge in [0.2, 0.25) is 0 Å². The predicted molar refractivity (Wildman–Crippen MR) is 69.0 cm³/mol. The minimum Gasteiger partial charge on any atom is -0.240 e. The van der Waals surface area contributed by atoms with Crippen LogP contribution in [0.3, 0.4) is 0 Å². The molecule has 0 unspecified atom stereocenters. The van der Waals surface area contributed by atoms with Gasteiger partial charge in [-0.2, -0.15) is 0 Å². The van der Waals surface area contributed by atoms with Crippen LogP contribution in [-0.4, -0.2) is 9.97 Å². The van der Waals surface area contributed by atoms with Gasteiger partial charge in [-0.15, -0.1) is 0 Å². The highest BCUT2D eigenvalue weighted by Crippen LogP contribution is 2.13. The second-order valence-electron chi connectivity index (χ2n) is 3.12. The van der Waals surface area contributed by atoms with Gasteiger partial charge in [0, 0.05) is 27.4 Å². The first kappa shape index (κ1) is 10.8. The molecule has 15 heavy (non-hydrogen) atoms. The van der Waals surface area contributed by atoms with Crippen LogP contribution in [0.5, 0.6) is 0 Å². The molecule has 0 aliphatic carbocycles. The lowest BCUT2D eigenvalue weighted by atomic mass is 10.1. The number of benzene rings is 1. The topological polar surface area (TPSA) is 25.8 Å². The van der Waals surface area contributed by atoms with E-state index in [1.54, 1.807) is 0 Å². The number of rotatable bonds is 2. The Morgan fingerprint density at radius 3 is 2.60 bits per heavy atom. The highest BCUT2D eigenvalue weighted by atomic mass is 127. The van der Waals surface area contributed by atoms with E-state index in [0.717, 1.165) is 26.4 Å². The van der Waals surface area contributed by atoms with E-state index in [-0.39, 0.29) is 0 Å². The summed E-state index contributed by atoms with van der Waals surface area (Å²) in [4.78, 5) is 8.48. The van der Waals surface area contributed by atoms with Crippen LogP contribution in [0.15, 0.2) is 36.7 Å². The SMILES string of the molecule is Clc1cccc(Cc2ncc(I)cn2)c1. The third-order valence-corrected chi connectivity index (χ3v) is 2.72. The molecule has 0 aliphatic heterocycles. The van der Waals surface area contributed by atoms with E-state index in [4.69, 9.17) is 11.6 Å². The van der Waals surface area contributed by atoms with Crippen molar-refractivity contribution in [2.75, 3.05) is 0 Å². The van der Waals surface area contributed by atoms with Crippen LogP contribution in [0.1, 0.15) is 11.4 Å². The normalized spacial score (nSPS) is 10.3. The molecule has 0 N–H and O–H groups in total. The highest BCUT2D eigenvalue weighted by molar-refractivity contribution is 14.1. The lowest BCUT2D eigenvalue weighted by molar-refractivity contribution is 0.961. The van der Waals surface area contributed by atoms with Crippen molar-refractivity contribution < 1.29 is 0 Å². The standard InChI is InChI=1S/C11H8ClIN2/c12-9-3-1-2-8(4-9)5-11-14-6-10(13)7-15-11/h1-4,6-7H,5H2. The van der Waals surface area contributed by atoms with E-state index in [0.29, 0.717) is 0 Å². The molecule has 76 valence electrons. The summed E-state index contributed by atoms with van der Waals surface area (Å²) in [5.41, 5.74) is 1.13. The van der Waals surface area contributed by atoms with Crippen molar-refractivity contribution in [2.45, 2.75) is 6.42 Å². The fourth-order valence-electron chi connectivity index (χ4n) is 1.26. The average Bonchev–Trinajstić information content (AvgIpc) is 2.22. The Morgan fingerprint density at radius 2 is 1.93 bits per heavy atom. The summed E-state index contributed by atoms with van der Waals surface area (Å²) >= 11 is 8.08. The Labute approximate surface area is 107 Å². The minimum atomic E-state index is 0.720. The molecule has 0 aliphatic rings. The molecule has 1 aromatic carbocycles. The first-order chi connectivity index (χ1) is 7.24. The van der Waals surface area contributed by atoms with Crippen LogP contribution >= 0.6 is 34.2 Å². The molecule has 0 radical (unpaired) electrons. The molecule has 0 fully saturated rings. The molecule has 1 aromatic heterocycles. The number of aromatic nitrogens is 2. The van der Waals surface area contributed by atoms with E-state index in [9.17, 15) is 0 Å². The fourth-order valence-corrected chi connectivity index (χ4v) is 1.75. The van der Waals surface area contributed by atoms with Crippen molar-refractivity contribution in [3.8, 4) is 0 Å². The molecule has 2 rings (SSSR count). The van der Waals surface area contributed by atoms with Gasteiger partial charge in [0.05, 0.1) is 0 Å². The predicted octanol–water partition coefficient (Wildman–Crippen LogP) is 3.33. The van der Waals surface area contributed by atoms with Crippen LogP contribution in [-0.2, 0) is 6.42 Å². The largest absolute Gasteiger partial charge is 0.240 e. The Morgan fingerprint density at radius 1 is 1.20 bits per heavy atom. The molecule has 2 aromatic rings. The number of hydrogen-bond acceptors (Lipinski definition) is 2. The van der Waals surface area contributed by atoms with E-state index in [1.807, 2.05) is 36.7 Å². The molecule has 0 saturated heterocycles. The van der Waals surface area contributed by atoms with Crippen molar-refractivity contribution >= 4 is 34.2 Å². The van der Waals surface area contributed by atoms with Gasteiger partial charge in [-0.05, 0) is 40.3 Å². The van der Waals surface area contributed by atoms with Crippen LogP contribution in [0.2, 0.25) is 5.02 Å². The van der Waals surface area contributed by atoms with Crippen molar-refractivity contribution in [1.29, 1.82) is 0 Å². The summed E-state index contributed by atoms with van der Waals surface area (Å²) in [5, 5.41) is 0.748. The summed E-state index contributed by atoms with van der Waals surface area (Å²) in [7, 11) is 0. The lowest BCUT2D eigenvalue weighted by Gasteiger charge is -2.00. The van der Waals surface area contributed by atoms with Crippen molar-refractivity contribution in [3.63, 3.8) is 0 Å². The van der Waals surface area contributed by atoms with Gasteiger partial charge in [0.15, 0.2) is 0 Å². The van der Waals surface area contributed by atoms with Crippen LogP contribution in [0.4, 0.5) is 0 Å². The van der Waals surface area contributed by atoms with Crippen LogP contribution in [0, 0.1) is 3.57 Å². The van der Waals surface area contributed by atoms with Crippen molar-refractivity contribution in [3.05, 3.63) is 56.6 Å². The molecular formula is C11H8ClIN2. The van der Waals surface area contributed by atoms with Crippen LogP contribution < -0.4 is 0 Å². The molecular weight excluding hydrogens is 322 g/mol. The lowest BCUT2D eigenvalue weighted by Crippen LogP contribution is -1.96. The Kier molecular flexibility index (Phi) is 3.53. The van der Waals surface area contributed by atoms with Gasteiger partial charge < -0.3 is 0 Å². The number of nitrogens with zero attached hydrogens (tertiary/aromatic N) is 2. The van der Waals surface area contributed by atoms with Crippen molar-refractivity contribution in [1.82, 2.24) is 9.97 Å². The van der Waals surface area contributed by atoms with Crippen molar-refractivity contribution in [2.24, 2.45) is 0 Å². The maximum atomic E-state index is 5.89. The molecule has 0 spiro atoms.